The number of hydrogen-bond acceptors (Lipinski definition) is 3. The molecule has 1 saturated carbocycles. The van der Waals surface area contributed by atoms with E-state index in [9.17, 15) is 4.79 Å². The number of oxime groups is 1. The fraction of sp³-hybridized carbons (Fsp3) is 0.846. The highest BCUT2D eigenvalue weighted by atomic mass is 16.6. The van der Waals surface area contributed by atoms with Gasteiger partial charge in [0.1, 0.15) is 6.61 Å². The molecule has 2 atom stereocenters. The average molecular weight is 241 g/mol. The molecule has 0 bridgehead atoms. The molecule has 0 aromatic carbocycles. The van der Waals surface area contributed by atoms with E-state index in [0.717, 1.165) is 12.8 Å². The molecule has 1 aliphatic carbocycles. The Kier molecular flexibility index (Phi) is 4.54. The molecule has 0 aliphatic heterocycles. The summed E-state index contributed by atoms with van der Waals surface area (Å²) < 4.78 is 0. The van der Waals surface area contributed by atoms with Gasteiger partial charge in [-0.2, -0.15) is 0 Å². The van der Waals surface area contributed by atoms with Crippen LogP contribution in [-0.4, -0.2) is 23.9 Å². The largest absolute Gasteiger partial charge is 0.481 e. The SMILES string of the molecule is CCC1(CC)[C@H](C(=O)O)[C@@H]1C=NOCC(C)C. The monoisotopic (exact) mass is 241 g/mol. The van der Waals surface area contributed by atoms with E-state index in [1.807, 2.05) is 13.8 Å². The summed E-state index contributed by atoms with van der Waals surface area (Å²) in [7, 11) is 0. The molecule has 0 radical (unpaired) electrons. The molecule has 1 rings (SSSR count). The normalized spacial score (nSPS) is 26.4. The van der Waals surface area contributed by atoms with Gasteiger partial charge in [-0.15, -0.1) is 0 Å². The molecular formula is C13H23NO3. The van der Waals surface area contributed by atoms with E-state index in [4.69, 9.17) is 9.94 Å². The number of carboxylic acids is 1. The molecule has 0 heterocycles. The van der Waals surface area contributed by atoms with Crippen molar-refractivity contribution >= 4 is 12.2 Å². The minimum absolute atomic E-state index is 0.0298. The van der Waals surface area contributed by atoms with Crippen LogP contribution in [0.1, 0.15) is 40.5 Å². The summed E-state index contributed by atoms with van der Waals surface area (Å²) in [5.74, 6) is -0.538. The summed E-state index contributed by atoms with van der Waals surface area (Å²) in [6, 6.07) is 0. The maximum atomic E-state index is 11.1. The molecule has 0 spiro atoms. The van der Waals surface area contributed by atoms with E-state index in [1.54, 1.807) is 6.21 Å². The standard InChI is InChI=1S/C13H23NO3/c1-5-13(6-2)10(11(13)12(15)16)7-14-17-8-9(3)4/h7,9-11H,5-6,8H2,1-4H3,(H,15,16)/t10-,11-/m0/s1. The van der Waals surface area contributed by atoms with E-state index in [1.165, 1.54) is 0 Å². The molecule has 4 nitrogen and oxygen atoms in total. The predicted molar refractivity (Wildman–Crippen MR) is 66.9 cm³/mol. The van der Waals surface area contributed by atoms with Crippen LogP contribution in [0.3, 0.4) is 0 Å². The Morgan fingerprint density at radius 3 is 2.41 bits per heavy atom. The van der Waals surface area contributed by atoms with Gasteiger partial charge < -0.3 is 9.94 Å². The van der Waals surface area contributed by atoms with Gasteiger partial charge in [-0.25, -0.2) is 0 Å². The fourth-order valence-corrected chi connectivity index (χ4v) is 2.62. The van der Waals surface area contributed by atoms with Gasteiger partial charge in [-0.1, -0.05) is 32.9 Å². The summed E-state index contributed by atoms with van der Waals surface area (Å²) in [6.45, 7) is 8.76. The van der Waals surface area contributed by atoms with Crippen molar-refractivity contribution in [2.24, 2.45) is 28.3 Å². The molecule has 0 saturated heterocycles. The van der Waals surface area contributed by atoms with Crippen LogP contribution in [0.5, 0.6) is 0 Å². The first-order chi connectivity index (χ1) is 7.99. The average Bonchev–Trinajstić information content (AvgIpc) is 2.93. The Bertz CT molecular complexity index is 295. The van der Waals surface area contributed by atoms with Crippen LogP contribution in [0.4, 0.5) is 0 Å². The van der Waals surface area contributed by atoms with E-state index in [0.29, 0.717) is 12.5 Å². The molecule has 0 aromatic rings. The Balaban J connectivity index is 2.56. The van der Waals surface area contributed by atoms with Crippen LogP contribution >= 0.6 is 0 Å². The summed E-state index contributed by atoms with van der Waals surface area (Å²) >= 11 is 0. The predicted octanol–water partition coefficient (Wildman–Crippen LogP) is 2.78. The van der Waals surface area contributed by atoms with Gasteiger partial charge in [0.05, 0.1) is 5.92 Å². The zero-order chi connectivity index (χ0) is 13.1. The van der Waals surface area contributed by atoms with Crippen molar-refractivity contribution in [3.63, 3.8) is 0 Å². The van der Waals surface area contributed by atoms with E-state index >= 15 is 0 Å². The second kappa shape index (κ2) is 5.52. The van der Waals surface area contributed by atoms with E-state index in [-0.39, 0.29) is 17.3 Å². The van der Waals surface area contributed by atoms with Crippen LogP contribution in [0.25, 0.3) is 0 Å². The van der Waals surface area contributed by atoms with Crippen LogP contribution in [-0.2, 0) is 9.63 Å². The molecule has 0 unspecified atom stereocenters. The topological polar surface area (TPSA) is 58.9 Å². The fourth-order valence-electron chi connectivity index (χ4n) is 2.62. The lowest BCUT2D eigenvalue weighted by Gasteiger charge is -2.09. The third kappa shape index (κ3) is 2.79. The van der Waals surface area contributed by atoms with Crippen LogP contribution in [0.2, 0.25) is 0 Å². The number of rotatable bonds is 7. The van der Waals surface area contributed by atoms with Crippen molar-refractivity contribution < 1.29 is 14.7 Å². The summed E-state index contributed by atoms with van der Waals surface area (Å²) in [4.78, 5) is 16.3. The Hall–Kier alpha value is -1.06. The highest BCUT2D eigenvalue weighted by molar-refractivity contribution is 5.84. The van der Waals surface area contributed by atoms with Crippen LogP contribution in [0.15, 0.2) is 5.16 Å². The molecule has 0 aromatic heterocycles. The highest BCUT2D eigenvalue weighted by Gasteiger charge is 2.65. The first-order valence-electron chi connectivity index (χ1n) is 6.37. The lowest BCUT2D eigenvalue weighted by atomic mass is 9.95. The first kappa shape index (κ1) is 14.0. The molecule has 1 fully saturated rings. The number of carbonyl (C=O) groups is 1. The minimum atomic E-state index is -0.714. The van der Waals surface area contributed by atoms with Crippen molar-refractivity contribution in [1.82, 2.24) is 0 Å². The summed E-state index contributed by atoms with van der Waals surface area (Å²) in [6.07, 6.45) is 3.44. The summed E-state index contributed by atoms with van der Waals surface area (Å²) in [5, 5.41) is 13.1. The molecule has 4 heteroatoms. The van der Waals surface area contributed by atoms with Gasteiger partial charge >= 0.3 is 5.97 Å². The Morgan fingerprint density at radius 2 is 2.06 bits per heavy atom. The lowest BCUT2D eigenvalue weighted by molar-refractivity contribution is -0.139. The Morgan fingerprint density at radius 1 is 1.47 bits per heavy atom. The van der Waals surface area contributed by atoms with Crippen molar-refractivity contribution in [3.8, 4) is 0 Å². The van der Waals surface area contributed by atoms with Crippen molar-refractivity contribution in [2.45, 2.75) is 40.5 Å². The highest BCUT2D eigenvalue weighted by Crippen LogP contribution is 2.62. The van der Waals surface area contributed by atoms with Gasteiger partial charge in [-0.05, 0) is 24.2 Å². The van der Waals surface area contributed by atoms with Gasteiger partial charge in [0.15, 0.2) is 0 Å². The number of hydrogen-bond donors (Lipinski definition) is 1. The second-order valence-corrected chi connectivity index (χ2v) is 5.23. The summed E-state index contributed by atoms with van der Waals surface area (Å²) in [5.41, 5.74) is -0.101. The van der Waals surface area contributed by atoms with E-state index < -0.39 is 5.97 Å². The third-order valence-corrected chi connectivity index (χ3v) is 3.82. The smallest absolute Gasteiger partial charge is 0.307 e. The van der Waals surface area contributed by atoms with Crippen LogP contribution < -0.4 is 0 Å². The molecule has 1 N–H and O–H groups in total. The van der Waals surface area contributed by atoms with Crippen molar-refractivity contribution in [2.75, 3.05) is 6.61 Å². The van der Waals surface area contributed by atoms with E-state index in [2.05, 4.69) is 19.0 Å². The van der Waals surface area contributed by atoms with Crippen LogP contribution in [0, 0.1) is 23.2 Å². The minimum Gasteiger partial charge on any atom is -0.481 e. The number of nitrogens with zero attached hydrogens (tertiary/aromatic N) is 1. The molecule has 1 aliphatic rings. The van der Waals surface area contributed by atoms with Gasteiger partial charge in [-0.3, -0.25) is 4.79 Å². The number of carboxylic acid groups (broad SMARTS) is 1. The number of aliphatic carboxylic acids is 1. The van der Waals surface area contributed by atoms with Gasteiger partial charge in [0.25, 0.3) is 0 Å². The molecule has 0 amide bonds. The lowest BCUT2D eigenvalue weighted by Crippen LogP contribution is -2.08. The Labute approximate surface area is 103 Å². The van der Waals surface area contributed by atoms with Gasteiger partial charge in [0, 0.05) is 12.1 Å². The van der Waals surface area contributed by atoms with Crippen molar-refractivity contribution in [1.29, 1.82) is 0 Å². The zero-order valence-corrected chi connectivity index (χ0v) is 11.1. The maximum absolute atomic E-state index is 11.1. The molecule has 98 valence electrons. The van der Waals surface area contributed by atoms with Gasteiger partial charge in [0.2, 0.25) is 0 Å². The quantitative estimate of drug-likeness (QED) is 0.550. The first-order valence-corrected chi connectivity index (χ1v) is 6.37. The van der Waals surface area contributed by atoms with Crippen molar-refractivity contribution in [3.05, 3.63) is 0 Å². The molecule has 17 heavy (non-hydrogen) atoms. The third-order valence-electron chi connectivity index (χ3n) is 3.82. The maximum Gasteiger partial charge on any atom is 0.307 e. The zero-order valence-electron chi connectivity index (χ0n) is 11.1. The second-order valence-electron chi connectivity index (χ2n) is 5.23. The molecular weight excluding hydrogens is 218 g/mol.